The average molecular weight is 336 g/mol. The Labute approximate surface area is 134 Å². The van der Waals surface area contributed by atoms with E-state index in [1.807, 2.05) is 14.1 Å². The normalized spacial score (nSPS) is 10.8. The molecule has 112 valence electrons. The van der Waals surface area contributed by atoms with Crippen LogP contribution in [0.1, 0.15) is 6.42 Å². The first-order chi connectivity index (χ1) is 9.40. The minimum atomic E-state index is -0.101. The summed E-state index contributed by atoms with van der Waals surface area (Å²) in [6.45, 7) is 1.00. The Morgan fingerprint density at radius 2 is 1.90 bits per heavy atom. The van der Waals surface area contributed by atoms with Crippen LogP contribution in [0.4, 0.5) is 11.4 Å². The highest BCUT2D eigenvalue weighted by Crippen LogP contribution is 2.32. The van der Waals surface area contributed by atoms with Gasteiger partial charge in [-0.05, 0) is 26.2 Å². The van der Waals surface area contributed by atoms with Crippen molar-refractivity contribution in [1.82, 2.24) is 4.90 Å². The third-order valence-electron chi connectivity index (χ3n) is 2.49. The van der Waals surface area contributed by atoms with Gasteiger partial charge >= 0.3 is 0 Å². The van der Waals surface area contributed by atoms with Gasteiger partial charge in [-0.15, -0.1) is 0 Å². The number of nitrogens with one attached hydrogen (secondary N) is 1. The summed E-state index contributed by atoms with van der Waals surface area (Å²) in [5.41, 5.74) is 6.50. The van der Waals surface area contributed by atoms with Crippen LogP contribution < -0.4 is 11.1 Å². The lowest BCUT2D eigenvalue weighted by molar-refractivity contribution is -0.115. The lowest BCUT2D eigenvalue weighted by Gasteiger charge is -2.11. The van der Waals surface area contributed by atoms with Crippen molar-refractivity contribution >= 4 is 52.2 Å². The first-order valence-electron chi connectivity index (χ1n) is 6.17. The Morgan fingerprint density at radius 1 is 1.30 bits per heavy atom. The highest BCUT2D eigenvalue weighted by atomic mass is 35.5. The Bertz CT molecular complexity index is 446. The van der Waals surface area contributed by atoms with Crippen molar-refractivity contribution in [1.29, 1.82) is 0 Å². The highest BCUT2D eigenvalue weighted by Gasteiger charge is 2.10. The molecule has 0 unspecified atom stereocenters. The van der Waals surface area contributed by atoms with Gasteiger partial charge in [-0.3, -0.25) is 4.79 Å². The Balaban J connectivity index is 2.39. The number of anilines is 2. The molecule has 0 heterocycles. The van der Waals surface area contributed by atoms with E-state index in [1.165, 1.54) is 0 Å². The van der Waals surface area contributed by atoms with Crippen molar-refractivity contribution in [3.05, 3.63) is 22.2 Å². The van der Waals surface area contributed by atoms with Crippen LogP contribution >= 0.6 is 35.0 Å². The zero-order valence-corrected chi connectivity index (χ0v) is 13.9. The van der Waals surface area contributed by atoms with Crippen LogP contribution in [-0.2, 0) is 4.79 Å². The number of halogens is 2. The number of rotatable bonds is 7. The minimum absolute atomic E-state index is 0.101. The standard InChI is InChI=1S/C13H19Cl2N3OS/c1-18(2)4-6-20-5-3-12(19)17-13-10(14)7-9(16)8-11(13)15/h7-8H,3-6,16H2,1-2H3,(H,17,19). The molecule has 1 aromatic carbocycles. The molecule has 1 amide bonds. The second kappa shape index (κ2) is 8.62. The number of carbonyl (C=O) groups is 1. The molecule has 0 saturated heterocycles. The SMILES string of the molecule is CN(C)CCSCCC(=O)Nc1c(Cl)cc(N)cc1Cl. The number of nitrogens with two attached hydrogens (primary N) is 1. The predicted octanol–water partition coefficient (Wildman–Crippen LogP) is 3.20. The molecule has 1 rings (SSSR count). The van der Waals surface area contributed by atoms with Crippen molar-refractivity contribution in [2.24, 2.45) is 0 Å². The molecule has 0 radical (unpaired) electrons. The number of nitrogens with zero attached hydrogens (tertiary/aromatic N) is 1. The number of hydrogen-bond acceptors (Lipinski definition) is 4. The topological polar surface area (TPSA) is 58.4 Å². The summed E-state index contributed by atoms with van der Waals surface area (Å²) in [7, 11) is 4.05. The zero-order chi connectivity index (χ0) is 15.1. The summed E-state index contributed by atoms with van der Waals surface area (Å²) >= 11 is 13.8. The Kier molecular flexibility index (Phi) is 7.51. The molecular formula is C13H19Cl2N3OS. The molecule has 7 heteroatoms. The highest BCUT2D eigenvalue weighted by molar-refractivity contribution is 7.99. The average Bonchev–Trinajstić information content (AvgIpc) is 2.33. The van der Waals surface area contributed by atoms with E-state index in [-0.39, 0.29) is 5.91 Å². The molecule has 4 nitrogen and oxygen atoms in total. The van der Waals surface area contributed by atoms with Gasteiger partial charge in [0, 0.05) is 30.2 Å². The number of thioether (sulfide) groups is 1. The van der Waals surface area contributed by atoms with Gasteiger partial charge in [0.1, 0.15) is 0 Å². The molecule has 0 aliphatic rings. The lowest BCUT2D eigenvalue weighted by atomic mass is 10.2. The molecule has 20 heavy (non-hydrogen) atoms. The van der Waals surface area contributed by atoms with Gasteiger partial charge in [-0.25, -0.2) is 0 Å². The monoisotopic (exact) mass is 335 g/mol. The van der Waals surface area contributed by atoms with Gasteiger partial charge in [0.15, 0.2) is 0 Å². The van der Waals surface area contributed by atoms with Gasteiger partial charge in [0.25, 0.3) is 0 Å². The summed E-state index contributed by atoms with van der Waals surface area (Å²) in [6.07, 6.45) is 0.426. The fourth-order valence-corrected chi connectivity index (χ4v) is 3.05. The quantitative estimate of drug-likeness (QED) is 0.593. The first kappa shape index (κ1) is 17.4. The van der Waals surface area contributed by atoms with Crippen LogP contribution in [0, 0.1) is 0 Å². The van der Waals surface area contributed by atoms with Crippen molar-refractivity contribution in [3.63, 3.8) is 0 Å². The predicted molar refractivity (Wildman–Crippen MR) is 90.0 cm³/mol. The molecular weight excluding hydrogens is 317 g/mol. The second-order valence-corrected chi connectivity index (χ2v) is 6.61. The maximum Gasteiger partial charge on any atom is 0.225 e. The molecule has 3 N–H and O–H groups in total. The largest absolute Gasteiger partial charge is 0.399 e. The number of nitrogen functional groups attached to an aromatic ring is 1. The summed E-state index contributed by atoms with van der Waals surface area (Å²) in [4.78, 5) is 13.9. The van der Waals surface area contributed by atoms with E-state index >= 15 is 0 Å². The summed E-state index contributed by atoms with van der Waals surface area (Å²) in [6, 6.07) is 3.13. The summed E-state index contributed by atoms with van der Waals surface area (Å²) < 4.78 is 0. The third kappa shape index (κ3) is 6.22. The van der Waals surface area contributed by atoms with E-state index in [4.69, 9.17) is 28.9 Å². The van der Waals surface area contributed by atoms with Crippen molar-refractivity contribution < 1.29 is 4.79 Å². The maximum atomic E-state index is 11.8. The minimum Gasteiger partial charge on any atom is -0.399 e. The van der Waals surface area contributed by atoms with E-state index in [2.05, 4.69) is 10.2 Å². The van der Waals surface area contributed by atoms with E-state index in [9.17, 15) is 4.79 Å². The lowest BCUT2D eigenvalue weighted by Crippen LogP contribution is -2.16. The van der Waals surface area contributed by atoms with Gasteiger partial charge in [-0.1, -0.05) is 23.2 Å². The van der Waals surface area contributed by atoms with E-state index < -0.39 is 0 Å². The van der Waals surface area contributed by atoms with E-state index in [0.717, 1.165) is 18.1 Å². The van der Waals surface area contributed by atoms with Crippen LogP contribution in [0.15, 0.2) is 12.1 Å². The number of carbonyl (C=O) groups excluding carboxylic acids is 1. The molecule has 0 spiro atoms. The fraction of sp³-hybridized carbons (Fsp3) is 0.462. The van der Waals surface area contributed by atoms with E-state index in [0.29, 0.717) is 27.8 Å². The molecule has 0 atom stereocenters. The van der Waals surface area contributed by atoms with Gasteiger partial charge < -0.3 is 16.0 Å². The number of hydrogen-bond donors (Lipinski definition) is 2. The second-order valence-electron chi connectivity index (χ2n) is 4.57. The van der Waals surface area contributed by atoms with Crippen LogP contribution in [0.3, 0.4) is 0 Å². The number of benzene rings is 1. The molecule has 0 aromatic heterocycles. The summed E-state index contributed by atoms with van der Waals surface area (Å²) in [5.74, 6) is 1.67. The van der Waals surface area contributed by atoms with Gasteiger partial charge in [-0.2, -0.15) is 11.8 Å². The summed E-state index contributed by atoms with van der Waals surface area (Å²) in [5, 5.41) is 3.42. The fourth-order valence-electron chi connectivity index (χ4n) is 1.43. The van der Waals surface area contributed by atoms with Gasteiger partial charge in [0.05, 0.1) is 15.7 Å². The van der Waals surface area contributed by atoms with E-state index in [1.54, 1.807) is 23.9 Å². The molecule has 0 aliphatic carbocycles. The van der Waals surface area contributed by atoms with Crippen LogP contribution in [0.2, 0.25) is 10.0 Å². The van der Waals surface area contributed by atoms with Crippen LogP contribution in [0.25, 0.3) is 0 Å². The number of amides is 1. The molecule has 1 aromatic rings. The third-order valence-corrected chi connectivity index (χ3v) is 4.05. The van der Waals surface area contributed by atoms with Crippen LogP contribution in [-0.4, -0.2) is 43.0 Å². The van der Waals surface area contributed by atoms with Crippen molar-refractivity contribution in [3.8, 4) is 0 Å². The van der Waals surface area contributed by atoms with Crippen molar-refractivity contribution in [2.45, 2.75) is 6.42 Å². The molecule has 0 fully saturated rings. The maximum absolute atomic E-state index is 11.8. The Hall–Kier alpha value is -0.620. The smallest absolute Gasteiger partial charge is 0.225 e. The zero-order valence-electron chi connectivity index (χ0n) is 11.6. The molecule has 0 saturated carbocycles. The van der Waals surface area contributed by atoms with Crippen LogP contribution in [0.5, 0.6) is 0 Å². The van der Waals surface area contributed by atoms with Crippen molar-refractivity contribution in [2.75, 3.05) is 43.2 Å². The van der Waals surface area contributed by atoms with Gasteiger partial charge in [0.2, 0.25) is 5.91 Å². The molecule has 0 bridgehead atoms. The first-order valence-corrected chi connectivity index (χ1v) is 8.08. The Morgan fingerprint density at radius 3 is 2.45 bits per heavy atom. The molecule has 0 aliphatic heterocycles.